The lowest BCUT2D eigenvalue weighted by Crippen LogP contribution is -2.36. The topological polar surface area (TPSA) is 75.7 Å². The third kappa shape index (κ3) is 5.28. The lowest BCUT2D eigenvalue weighted by Gasteiger charge is -2.12. The molecule has 3 amide bonds. The predicted octanol–water partition coefficient (Wildman–Crippen LogP) is 4.72. The summed E-state index contributed by atoms with van der Waals surface area (Å²) in [4.78, 5) is 38.1. The summed E-state index contributed by atoms with van der Waals surface area (Å²) in [6.45, 7) is -0.420. The van der Waals surface area contributed by atoms with Crippen LogP contribution in [0, 0.1) is 13.0 Å². The molecule has 0 radical (unpaired) electrons. The van der Waals surface area contributed by atoms with Gasteiger partial charge in [-0.1, -0.05) is 0 Å². The van der Waals surface area contributed by atoms with E-state index in [9.17, 15) is 18.8 Å². The smallest absolute Gasteiger partial charge is 0.294 e. The SMILES string of the molecule is COc1c(I)cc(/C=C2\SC(=O)N(CC(=O)Nc3ccc(F)cc3)C2=O)cc1I. The monoisotopic (exact) mass is 638 g/mol. The Morgan fingerprint density at radius 3 is 2.41 bits per heavy atom. The summed E-state index contributed by atoms with van der Waals surface area (Å²) >= 11 is 5.05. The van der Waals surface area contributed by atoms with E-state index >= 15 is 0 Å². The highest BCUT2D eigenvalue weighted by Crippen LogP contribution is 2.34. The van der Waals surface area contributed by atoms with Gasteiger partial charge in [0.2, 0.25) is 5.91 Å². The number of carbonyl (C=O) groups is 3. The Kier molecular flexibility index (Phi) is 7.16. The molecule has 1 fully saturated rings. The van der Waals surface area contributed by atoms with E-state index in [2.05, 4.69) is 50.5 Å². The highest BCUT2D eigenvalue weighted by molar-refractivity contribution is 14.1. The van der Waals surface area contributed by atoms with E-state index < -0.39 is 29.4 Å². The Morgan fingerprint density at radius 2 is 1.83 bits per heavy atom. The summed E-state index contributed by atoms with van der Waals surface area (Å²) in [5.74, 6) is -0.764. The van der Waals surface area contributed by atoms with E-state index in [0.717, 1.165) is 35.1 Å². The van der Waals surface area contributed by atoms with Crippen molar-refractivity contribution in [2.45, 2.75) is 0 Å². The number of methoxy groups -OCH3 is 1. The average Bonchev–Trinajstić information content (AvgIpc) is 2.91. The minimum Gasteiger partial charge on any atom is -0.495 e. The van der Waals surface area contributed by atoms with Crippen molar-refractivity contribution in [2.75, 3.05) is 19.0 Å². The second-order valence-corrected chi connectivity index (χ2v) is 9.16. The number of ether oxygens (including phenoxy) is 1. The molecule has 2 aromatic carbocycles. The van der Waals surface area contributed by atoms with Gasteiger partial charge >= 0.3 is 0 Å². The molecule has 2 aromatic rings. The number of benzene rings is 2. The largest absolute Gasteiger partial charge is 0.495 e. The van der Waals surface area contributed by atoms with Crippen LogP contribution in [0.2, 0.25) is 0 Å². The highest BCUT2D eigenvalue weighted by atomic mass is 127. The van der Waals surface area contributed by atoms with Crippen LogP contribution in [0.25, 0.3) is 6.08 Å². The molecule has 0 spiro atoms. The van der Waals surface area contributed by atoms with Crippen LogP contribution in [-0.4, -0.2) is 35.6 Å². The standard InChI is InChI=1S/C19H13FI2N2O4S/c1-28-17-13(21)6-10(7-14(17)22)8-15-18(26)24(19(27)29-15)9-16(25)23-12-4-2-11(20)3-5-12/h2-8H,9H2,1H3,(H,23,25)/b15-8-. The van der Waals surface area contributed by atoms with Gasteiger partial charge in [-0.2, -0.15) is 0 Å². The minimum atomic E-state index is -0.547. The van der Waals surface area contributed by atoms with Gasteiger partial charge in [-0.05, 0) is 105 Å². The molecule has 0 unspecified atom stereocenters. The summed E-state index contributed by atoms with van der Waals surface area (Å²) in [6, 6.07) is 8.89. The number of anilines is 1. The number of nitrogens with zero attached hydrogens (tertiary/aromatic N) is 1. The molecule has 150 valence electrons. The van der Waals surface area contributed by atoms with Crippen molar-refractivity contribution in [3.63, 3.8) is 0 Å². The van der Waals surface area contributed by atoms with E-state index in [1.807, 2.05) is 12.1 Å². The number of hydrogen-bond donors (Lipinski definition) is 1. The van der Waals surface area contributed by atoms with Crippen LogP contribution in [0.1, 0.15) is 5.56 Å². The van der Waals surface area contributed by atoms with Crippen molar-refractivity contribution in [3.8, 4) is 5.75 Å². The number of hydrogen-bond acceptors (Lipinski definition) is 5. The van der Waals surface area contributed by atoms with Gasteiger partial charge in [0.25, 0.3) is 11.1 Å². The average molecular weight is 638 g/mol. The van der Waals surface area contributed by atoms with Crippen LogP contribution in [0.4, 0.5) is 14.9 Å². The van der Waals surface area contributed by atoms with E-state index in [4.69, 9.17) is 4.74 Å². The van der Waals surface area contributed by atoms with Crippen molar-refractivity contribution < 1.29 is 23.5 Å². The molecule has 1 N–H and O–H groups in total. The molecule has 1 aliphatic heterocycles. The molecule has 0 saturated carbocycles. The Balaban J connectivity index is 1.73. The molecule has 0 bridgehead atoms. The minimum absolute atomic E-state index is 0.237. The quantitative estimate of drug-likeness (QED) is 0.380. The molecule has 3 rings (SSSR count). The van der Waals surface area contributed by atoms with Crippen molar-refractivity contribution in [3.05, 3.63) is 59.8 Å². The molecule has 1 aliphatic rings. The van der Waals surface area contributed by atoms with Crippen LogP contribution in [0.3, 0.4) is 0 Å². The molecule has 6 nitrogen and oxygen atoms in total. The normalized spacial score (nSPS) is 15.2. The van der Waals surface area contributed by atoms with Crippen LogP contribution < -0.4 is 10.1 Å². The summed E-state index contributed by atoms with van der Waals surface area (Å²) in [7, 11) is 1.58. The van der Waals surface area contributed by atoms with Crippen molar-refractivity contribution in [1.82, 2.24) is 4.90 Å². The first kappa shape index (κ1) is 22.0. The van der Waals surface area contributed by atoms with E-state index in [1.165, 1.54) is 24.3 Å². The van der Waals surface area contributed by atoms with Gasteiger partial charge in [-0.3, -0.25) is 19.3 Å². The van der Waals surface area contributed by atoms with Crippen molar-refractivity contribution in [1.29, 1.82) is 0 Å². The van der Waals surface area contributed by atoms with Gasteiger partial charge in [0, 0.05) is 5.69 Å². The third-order valence-corrected chi connectivity index (χ3v) is 6.34. The Morgan fingerprint density at radius 1 is 1.21 bits per heavy atom. The second-order valence-electron chi connectivity index (χ2n) is 5.84. The molecule has 0 aromatic heterocycles. The zero-order valence-corrected chi connectivity index (χ0v) is 20.0. The van der Waals surface area contributed by atoms with Crippen LogP contribution >= 0.6 is 56.9 Å². The maximum absolute atomic E-state index is 12.9. The Labute approximate surface area is 197 Å². The highest BCUT2D eigenvalue weighted by Gasteiger charge is 2.36. The lowest BCUT2D eigenvalue weighted by molar-refractivity contribution is -0.127. The molecular weight excluding hydrogens is 625 g/mol. The molecule has 0 atom stereocenters. The zero-order valence-electron chi connectivity index (χ0n) is 14.9. The summed E-state index contributed by atoms with van der Waals surface area (Å²) < 4.78 is 20.0. The first-order valence-corrected chi connectivity index (χ1v) is 11.1. The van der Waals surface area contributed by atoms with E-state index in [1.54, 1.807) is 13.2 Å². The number of carbonyl (C=O) groups excluding carboxylic acids is 3. The van der Waals surface area contributed by atoms with Crippen LogP contribution in [0.5, 0.6) is 5.75 Å². The fourth-order valence-corrected chi connectivity index (χ4v) is 5.62. The number of nitrogens with one attached hydrogen (secondary N) is 1. The van der Waals surface area contributed by atoms with Gasteiger partial charge in [-0.15, -0.1) is 0 Å². The zero-order chi connectivity index (χ0) is 21.1. The maximum Gasteiger partial charge on any atom is 0.294 e. The Hall–Kier alpha value is -1.67. The fraction of sp³-hybridized carbons (Fsp3) is 0.105. The molecular formula is C19H13FI2N2O4S. The molecule has 1 heterocycles. The van der Waals surface area contributed by atoms with E-state index in [0.29, 0.717) is 5.69 Å². The predicted molar refractivity (Wildman–Crippen MR) is 126 cm³/mol. The summed E-state index contributed by atoms with van der Waals surface area (Å²) in [5, 5.41) is 2.01. The number of thioether (sulfide) groups is 1. The summed E-state index contributed by atoms with van der Waals surface area (Å²) in [5.41, 5.74) is 1.13. The van der Waals surface area contributed by atoms with Gasteiger partial charge in [0.1, 0.15) is 18.1 Å². The molecule has 10 heteroatoms. The second kappa shape index (κ2) is 9.43. The third-order valence-electron chi connectivity index (χ3n) is 3.83. The number of amides is 3. The van der Waals surface area contributed by atoms with Crippen molar-refractivity contribution in [2.24, 2.45) is 0 Å². The van der Waals surface area contributed by atoms with Gasteiger partial charge in [0.15, 0.2) is 0 Å². The lowest BCUT2D eigenvalue weighted by atomic mass is 10.2. The van der Waals surface area contributed by atoms with Crippen LogP contribution in [0.15, 0.2) is 41.3 Å². The van der Waals surface area contributed by atoms with Gasteiger partial charge in [0.05, 0.1) is 19.2 Å². The fourth-order valence-electron chi connectivity index (χ4n) is 2.52. The van der Waals surface area contributed by atoms with Crippen LogP contribution in [-0.2, 0) is 9.59 Å². The Bertz CT molecular complexity index is 1000. The maximum atomic E-state index is 12.9. The molecule has 0 aliphatic carbocycles. The number of imide groups is 1. The first-order chi connectivity index (χ1) is 13.8. The number of halogens is 3. The summed E-state index contributed by atoms with van der Waals surface area (Å²) in [6.07, 6.45) is 1.62. The van der Waals surface area contributed by atoms with Gasteiger partial charge < -0.3 is 10.1 Å². The number of rotatable bonds is 5. The first-order valence-electron chi connectivity index (χ1n) is 8.12. The molecule has 29 heavy (non-hydrogen) atoms. The van der Waals surface area contributed by atoms with Crippen molar-refractivity contribution >= 4 is 85.8 Å². The van der Waals surface area contributed by atoms with E-state index in [-0.39, 0.29) is 4.91 Å². The molecule has 1 saturated heterocycles. The van der Waals surface area contributed by atoms with Gasteiger partial charge in [-0.25, -0.2) is 4.39 Å².